The summed E-state index contributed by atoms with van der Waals surface area (Å²) in [5, 5.41) is 37.6. The average molecular weight is 544 g/mol. The molecule has 0 aliphatic rings. The highest BCUT2D eigenvalue weighted by molar-refractivity contribution is 5.94. The minimum absolute atomic E-state index is 0.00798. The Morgan fingerprint density at radius 2 is 1.15 bits per heavy atom. The number of carbonyl (C=O) groups is 5. The van der Waals surface area contributed by atoms with Gasteiger partial charge >= 0.3 is 5.97 Å². The van der Waals surface area contributed by atoms with E-state index in [1.165, 1.54) is 0 Å². The van der Waals surface area contributed by atoms with E-state index >= 15 is 0 Å². The van der Waals surface area contributed by atoms with Crippen molar-refractivity contribution in [2.24, 2.45) is 5.73 Å². The van der Waals surface area contributed by atoms with Gasteiger partial charge in [0.25, 0.3) is 0 Å². The number of carboxylic acid groups (broad SMARTS) is 1. The van der Waals surface area contributed by atoms with Crippen LogP contribution in [0.15, 0.2) is 60.7 Å². The first-order chi connectivity index (χ1) is 18.6. The predicted octanol–water partition coefficient (Wildman–Crippen LogP) is -2.56. The Bertz CT molecular complexity index is 1120. The molecule has 39 heavy (non-hydrogen) atoms. The van der Waals surface area contributed by atoms with Gasteiger partial charge in [-0.3, -0.25) is 19.2 Å². The summed E-state index contributed by atoms with van der Waals surface area (Å²) in [4.78, 5) is 61.7. The number of benzene rings is 2. The Kier molecular flexibility index (Phi) is 12.5. The summed E-state index contributed by atoms with van der Waals surface area (Å²) >= 11 is 0. The molecular formula is C26H33N5O8. The maximum absolute atomic E-state index is 13.1. The third-order valence-corrected chi connectivity index (χ3v) is 5.60. The zero-order valence-electron chi connectivity index (χ0n) is 21.1. The number of hydrogen-bond acceptors (Lipinski definition) is 8. The highest BCUT2D eigenvalue weighted by atomic mass is 16.4. The molecule has 13 heteroatoms. The third kappa shape index (κ3) is 10.5. The van der Waals surface area contributed by atoms with E-state index in [1.807, 2.05) is 0 Å². The first-order valence-corrected chi connectivity index (χ1v) is 12.1. The molecule has 4 atom stereocenters. The number of aliphatic hydroxyl groups excluding tert-OH is 2. The van der Waals surface area contributed by atoms with Gasteiger partial charge in [-0.15, -0.1) is 0 Å². The van der Waals surface area contributed by atoms with E-state index in [0.29, 0.717) is 11.1 Å². The van der Waals surface area contributed by atoms with Crippen LogP contribution in [0.1, 0.15) is 11.1 Å². The van der Waals surface area contributed by atoms with Crippen molar-refractivity contribution in [1.82, 2.24) is 21.3 Å². The summed E-state index contributed by atoms with van der Waals surface area (Å²) in [5.74, 6) is -4.56. The van der Waals surface area contributed by atoms with Crippen molar-refractivity contribution >= 4 is 29.6 Å². The molecule has 0 radical (unpaired) electrons. The maximum Gasteiger partial charge on any atom is 0.326 e. The van der Waals surface area contributed by atoms with Crippen LogP contribution in [0.3, 0.4) is 0 Å². The summed E-state index contributed by atoms with van der Waals surface area (Å²) in [6.45, 7) is -1.99. The van der Waals surface area contributed by atoms with Gasteiger partial charge in [0.15, 0.2) is 0 Å². The van der Waals surface area contributed by atoms with E-state index < -0.39 is 73.5 Å². The molecule has 13 nitrogen and oxygen atoms in total. The SMILES string of the molecule is N[C@@H](CO)C(=O)NCC(=O)N[C@@H](Cc1ccccc1)C(=O)N[C@@H](CO)C(=O)N[C@@H](Cc1ccccc1)C(=O)O. The van der Waals surface area contributed by atoms with E-state index in [-0.39, 0.29) is 12.8 Å². The second kappa shape index (κ2) is 15.8. The fourth-order valence-corrected chi connectivity index (χ4v) is 3.47. The Balaban J connectivity index is 2.09. The molecule has 9 N–H and O–H groups in total. The second-order valence-electron chi connectivity index (χ2n) is 8.65. The van der Waals surface area contributed by atoms with Gasteiger partial charge in [0.05, 0.1) is 19.8 Å². The molecule has 2 rings (SSSR count). The van der Waals surface area contributed by atoms with Crippen LogP contribution in [0.25, 0.3) is 0 Å². The van der Waals surface area contributed by atoms with Gasteiger partial charge in [0.2, 0.25) is 23.6 Å². The lowest BCUT2D eigenvalue weighted by Gasteiger charge is -2.24. The molecule has 0 saturated heterocycles. The van der Waals surface area contributed by atoms with Crippen molar-refractivity contribution in [3.05, 3.63) is 71.8 Å². The lowest BCUT2D eigenvalue weighted by molar-refractivity contribution is -0.142. The Morgan fingerprint density at radius 1 is 0.667 bits per heavy atom. The zero-order valence-corrected chi connectivity index (χ0v) is 21.1. The number of rotatable bonds is 15. The van der Waals surface area contributed by atoms with Gasteiger partial charge < -0.3 is 42.3 Å². The molecule has 0 bridgehead atoms. The number of aliphatic carboxylic acids is 1. The van der Waals surface area contributed by atoms with Crippen LogP contribution in [0.4, 0.5) is 0 Å². The molecule has 0 aliphatic heterocycles. The number of carbonyl (C=O) groups excluding carboxylic acids is 4. The number of nitrogens with one attached hydrogen (secondary N) is 4. The van der Waals surface area contributed by atoms with Crippen LogP contribution in [-0.4, -0.2) is 88.8 Å². The van der Waals surface area contributed by atoms with Crippen LogP contribution in [-0.2, 0) is 36.8 Å². The van der Waals surface area contributed by atoms with E-state index in [4.69, 9.17) is 10.8 Å². The molecule has 0 aromatic heterocycles. The third-order valence-electron chi connectivity index (χ3n) is 5.60. The fraction of sp³-hybridized carbons (Fsp3) is 0.346. The highest BCUT2D eigenvalue weighted by Crippen LogP contribution is 2.06. The highest BCUT2D eigenvalue weighted by Gasteiger charge is 2.29. The quantitative estimate of drug-likeness (QED) is 0.118. The van der Waals surface area contributed by atoms with E-state index in [1.54, 1.807) is 60.7 Å². The van der Waals surface area contributed by atoms with Gasteiger partial charge in [0.1, 0.15) is 24.2 Å². The lowest BCUT2D eigenvalue weighted by atomic mass is 10.0. The van der Waals surface area contributed by atoms with E-state index in [2.05, 4.69) is 21.3 Å². The van der Waals surface area contributed by atoms with Crippen LogP contribution in [0.2, 0.25) is 0 Å². The summed E-state index contributed by atoms with van der Waals surface area (Å²) in [6, 6.07) is 12.0. The first-order valence-electron chi connectivity index (χ1n) is 12.1. The lowest BCUT2D eigenvalue weighted by Crippen LogP contribution is -2.58. The normalized spacial score (nSPS) is 13.7. The van der Waals surface area contributed by atoms with Crippen molar-refractivity contribution in [1.29, 1.82) is 0 Å². The first kappa shape index (κ1) is 30.9. The van der Waals surface area contributed by atoms with Gasteiger partial charge in [-0.1, -0.05) is 60.7 Å². The largest absolute Gasteiger partial charge is 0.480 e. The molecule has 0 spiro atoms. The van der Waals surface area contributed by atoms with Crippen molar-refractivity contribution in [2.75, 3.05) is 19.8 Å². The molecule has 0 fully saturated rings. The van der Waals surface area contributed by atoms with E-state index in [0.717, 1.165) is 0 Å². The Labute approximate surface area is 224 Å². The predicted molar refractivity (Wildman–Crippen MR) is 139 cm³/mol. The minimum Gasteiger partial charge on any atom is -0.480 e. The maximum atomic E-state index is 13.1. The van der Waals surface area contributed by atoms with Gasteiger partial charge in [0, 0.05) is 12.8 Å². The number of nitrogens with two attached hydrogens (primary N) is 1. The standard InChI is InChI=1S/C26H33N5O8/c27-18(14-32)23(35)28-13-22(34)29-19(11-16-7-3-1-4-8-16)24(36)31-21(15-33)25(37)30-20(26(38)39)12-17-9-5-2-6-10-17/h1-10,18-21,32-33H,11-15,27H2,(H,28,35)(H,29,34)(H,30,37)(H,31,36)(H,38,39)/t18-,19-,20-,21-/m0/s1. The Morgan fingerprint density at radius 3 is 1.64 bits per heavy atom. The topological polar surface area (TPSA) is 220 Å². The molecule has 210 valence electrons. The monoisotopic (exact) mass is 543 g/mol. The molecule has 2 aromatic rings. The smallest absolute Gasteiger partial charge is 0.326 e. The summed E-state index contributed by atoms with van der Waals surface area (Å²) in [6.07, 6.45) is -0.0135. The van der Waals surface area contributed by atoms with Crippen molar-refractivity contribution < 1.29 is 39.3 Å². The van der Waals surface area contributed by atoms with E-state index in [9.17, 15) is 34.2 Å². The molecule has 0 heterocycles. The van der Waals surface area contributed by atoms with Crippen molar-refractivity contribution in [3.8, 4) is 0 Å². The minimum atomic E-state index is -1.51. The van der Waals surface area contributed by atoms with Crippen LogP contribution >= 0.6 is 0 Å². The molecule has 0 aliphatic carbocycles. The van der Waals surface area contributed by atoms with Gasteiger partial charge in [-0.25, -0.2) is 4.79 Å². The molecular weight excluding hydrogens is 510 g/mol. The summed E-state index contributed by atoms with van der Waals surface area (Å²) in [7, 11) is 0. The number of carboxylic acids is 1. The number of hydrogen-bond donors (Lipinski definition) is 8. The number of amides is 4. The fourth-order valence-electron chi connectivity index (χ4n) is 3.47. The molecule has 2 aromatic carbocycles. The molecule has 0 saturated carbocycles. The Hall–Kier alpha value is -4.33. The molecule has 0 unspecified atom stereocenters. The number of aliphatic hydroxyl groups is 2. The summed E-state index contributed by atoms with van der Waals surface area (Å²) in [5.41, 5.74) is 6.72. The molecule has 4 amide bonds. The average Bonchev–Trinajstić information content (AvgIpc) is 2.94. The van der Waals surface area contributed by atoms with Gasteiger partial charge in [-0.2, -0.15) is 0 Å². The van der Waals surface area contributed by atoms with Crippen molar-refractivity contribution in [3.63, 3.8) is 0 Å². The summed E-state index contributed by atoms with van der Waals surface area (Å²) < 4.78 is 0. The van der Waals surface area contributed by atoms with Crippen LogP contribution < -0.4 is 27.0 Å². The van der Waals surface area contributed by atoms with Crippen molar-refractivity contribution in [2.45, 2.75) is 37.0 Å². The zero-order chi connectivity index (χ0) is 28.8. The van der Waals surface area contributed by atoms with Crippen LogP contribution in [0, 0.1) is 0 Å². The second-order valence-corrected chi connectivity index (χ2v) is 8.65. The van der Waals surface area contributed by atoms with Gasteiger partial charge in [-0.05, 0) is 11.1 Å². The van der Waals surface area contributed by atoms with Crippen LogP contribution in [0.5, 0.6) is 0 Å².